The molecule has 0 unspecified atom stereocenters. The summed E-state index contributed by atoms with van der Waals surface area (Å²) < 4.78 is 30.6. The molecule has 13 rings (SSSR count). The molecule has 0 radical (unpaired) electrons. The highest BCUT2D eigenvalue weighted by atomic mass is 79.9. The third-order valence-electron chi connectivity index (χ3n) is 18.1. The molecule has 0 saturated carbocycles. The third kappa shape index (κ3) is 9.38. The highest BCUT2D eigenvalue weighted by Crippen LogP contribution is 2.50. The molecule has 9 aromatic rings. The summed E-state index contributed by atoms with van der Waals surface area (Å²) in [5.74, 6) is -0.347. The van der Waals surface area contributed by atoms with Gasteiger partial charge in [-0.15, -0.1) is 0 Å². The van der Waals surface area contributed by atoms with E-state index in [-0.39, 0.29) is 57.3 Å². The van der Waals surface area contributed by atoms with Crippen LogP contribution in [0.5, 0.6) is 11.5 Å². The van der Waals surface area contributed by atoms with Crippen LogP contribution in [-0.2, 0) is 18.4 Å². The number of carbonyl (C=O) groups is 4. The number of aromatic nitrogens is 4. The normalized spacial score (nSPS) is 19.4. The first-order valence-electron chi connectivity index (χ1n) is 27.8. The smallest absolute Gasteiger partial charge is 0.259 e. The van der Waals surface area contributed by atoms with Crippen molar-refractivity contribution in [3.05, 3.63) is 140 Å². The molecule has 0 saturated heterocycles. The average Bonchev–Trinajstić information content (AvgIpc) is 1.86. The Kier molecular flexibility index (Phi) is 14.0. The topological polar surface area (TPSA) is 171 Å². The fourth-order valence-electron chi connectivity index (χ4n) is 12.0. The van der Waals surface area contributed by atoms with Crippen LogP contribution in [0.25, 0.3) is 76.6 Å². The fraction of sp³-hybridized carbons (Fsp3) is 0.312. The number of methoxy groups -OCH3 is 2. The van der Waals surface area contributed by atoms with E-state index in [9.17, 15) is 19.2 Å². The van der Waals surface area contributed by atoms with E-state index in [1.165, 1.54) is 0 Å². The molecule has 0 fully saturated rings. The van der Waals surface area contributed by atoms with E-state index in [1.54, 1.807) is 20.4 Å². The van der Waals surface area contributed by atoms with Crippen LogP contribution in [0.15, 0.2) is 112 Å². The largest absolute Gasteiger partial charge is 0.497 e. The standard InChI is InChI=1S/C32H33BrClN3O4Si.C32H32BrN3O4Si/c1-32(2,3)42(5,6)41-20-9-8-18(14-20)37-25-12-7-17(33)13-22(25)26(29(37)34)28-27(30(38)36-31(28)39)23-16-35-24-11-10-19(40-4)15-21(23)24;1-32(2,3)41(5,6)40-19-9-8-17(14-19)36-23-12-7-16(33)13-21(23)25-27-26(30(37)35-31(27)38)24-20-15-18(39-4)10-11-22(20)34-28(24)29(25)36/h7-13,15-16,18,20,35H,14H2,1-6H3,(H,36,38,39);7-13,15,17,19,34H,14H2,1-6H3,(H,35,37,38)/t18-,20+;17-,19+/m00/s1. The molecule has 0 spiro atoms. The molecule has 0 bridgehead atoms. The van der Waals surface area contributed by atoms with Crippen LogP contribution in [0, 0.1) is 0 Å². The molecule has 19 heteroatoms. The molecule has 2 aliphatic heterocycles. The molecule has 428 valence electrons. The van der Waals surface area contributed by atoms with Gasteiger partial charge in [-0.1, -0.05) is 109 Å². The van der Waals surface area contributed by atoms with Crippen LogP contribution in [0.1, 0.15) is 98.3 Å². The summed E-state index contributed by atoms with van der Waals surface area (Å²) in [7, 11) is -0.750. The number of allylic oxidation sites excluding steroid dienone is 2. The van der Waals surface area contributed by atoms with Gasteiger partial charge in [0.1, 0.15) is 16.7 Å². The summed E-state index contributed by atoms with van der Waals surface area (Å²) in [5.41, 5.74) is 7.85. The number of hydrogen-bond donors (Lipinski definition) is 4. The Morgan fingerprint density at radius 2 is 1.07 bits per heavy atom. The van der Waals surface area contributed by atoms with Gasteiger partial charge in [0.2, 0.25) is 0 Å². The lowest BCUT2D eigenvalue weighted by molar-refractivity contribution is -0.122. The van der Waals surface area contributed by atoms with Gasteiger partial charge in [-0.05, 0) is 109 Å². The monoisotopic (exact) mass is 1290 g/mol. The highest BCUT2D eigenvalue weighted by Gasteiger charge is 2.44. The Balaban J connectivity index is 0.000000164. The number of carbonyl (C=O) groups excluding carboxylic acids is 4. The minimum Gasteiger partial charge on any atom is -0.497 e. The highest BCUT2D eigenvalue weighted by molar-refractivity contribution is 9.10. The minimum absolute atomic E-state index is 0.00519. The predicted molar refractivity (Wildman–Crippen MR) is 344 cm³/mol. The van der Waals surface area contributed by atoms with Gasteiger partial charge in [0.15, 0.2) is 16.6 Å². The summed E-state index contributed by atoms with van der Waals surface area (Å²) in [5, 5.41) is 10.6. The van der Waals surface area contributed by atoms with Crippen molar-refractivity contribution < 1.29 is 37.5 Å². The number of fused-ring (bicyclic) bond motifs is 12. The summed E-state index contributed by atoms with van der Waals surface area (Å²) in [4.78, 5) is 60.5. The van der Waals surface area contributed by atoms with Crippen molar-refractivity contribution in [2.24, 2.45) is 0 Å². The van der Waals surface area contributed by atoms with Gasteiger partial charge < -0.3 is 37.4 Å². The lowest BCUT2D eigenvalue weighted by Gasteiger charge is -2.38. The van der Waals surface area contributed by atoms with E-state index < -0.39 is 28.4 Å². The van der Waals surface area contributed by atoms with E-state index >= 15 is 0 Å². The number of H-pyrrole nitrogens is 2. The number of ether oxygens (including phenoxy) is 2. The van der Waals surface area contributed by atoms with Crippen LogP contribution in [0.3, 0.4) is 0 Å². The van der Waals surface area contributed by atoms with Gasteiger partial charge in [-0.3, -0.25) is 29.8 Å². The number of hydrogen-bond acceptors (Lipinski definition) is 8. The number of aromatic amines is 2. The minimum atomic E-state index is -1.99. The average molecular weight is 1300 g/mol. The Bertz CT molecular complexity index is 4400. The lowest BCUT2D eigenvalue weighted by atomic mass is 9.95. The van der Waals surface area contributed by atoms with Crippen molar-refractivity contribution in [3.63, 3.8) is 0 Å². The number of nitrogens with zero attached hydrogens (tertiary/aromatic N) is 2. The van der Waals surface area contributed by atoms with Crippen molar-refractivity contribution in [2.45, 2.75) is 115 Å². The molecule has 14 nitrogen and oxygen atoms in total. The molecule has 5 aromatic carbocycles. The molecule has 6 heterocycles. The molecule has 4 amide bonds. The maximum atomic E-state index is 13.5. The number of imide groups is 2. The molecule has 2 aliphatic carbocycles. The van der Waals surface area contributed by atoms with E-state index in [4.69, 9.17) is 29.9 Å². The Labute approximate surface area is 504 Å². The van der Waals surface area contributed by atoms with Crippen molar-refractivity contribution >= 4 is 160 Å². The molecular formula is C64H65Br2ClN6O8Si2. The van der Waals surface area contributed by atoms with Gasteiger partial charge in [-0.2, -0.15) is 0 Å². The van der Waals surface area contributed by atoms with Crippen LogP contribution >= 0.6 is 43.5 Å². The maximum Gasteiger partial charge on any atom is 0.259 e. The van der Waals surface area contributed by atoms with E-state index in [0.29, 0.717) is 38.9 Å². The zero-order valence-corrected chi connectivity index (χ0v) is 54.3. The van der Waals surface area contributed by atoms with Crippen molar-refractivity contribution in [2.75, 3.05) is 14.2 Å². The number of rotatable bonds is 10. The molecule has 4 aliphatic rings. The molecule has 83 heavy (non-hydrogen) atoms. The quantitative estimate of drug-likeness (QED) is 0.0595. The summed E-state index contributed by atoms with van der Waals surface area (Å²) in [6.45, 7) is 22.6. The van der Waals surface area contributed by atoms with Gasteiger partial charge in [0, 0.05) is 88.0 Å². The summed E-state index contributed by atoms with van der Waals surface area (Å²) in [6, 6.07) is 23.4. The first-order chi connectivity index (χ1) is 39.2. The maximum absolute atomic E-state index is 13.5. The Hall–Kier alpha value is -6.52. The predicted octanol–water partition coefficient (Wildman–Crippen LogP) is 16.0. The molecule has 4 atom stereocenters. The van der Waals surface area contributed by atoms with Gasteiger partial charge in [0.05, 0.1) is 77.3 Å². The van der Waals surface area contributed by atoms with Crippen molar-refractivity contribution in [3.8, 4) is 11.5 Å². The second kappa shape index (κ2) is 20.3. The number of amides is 4. The molecule has 4 N–H and O–H groups in total. The second-order valence-electron chi connectivity index (χ2n) is 25.1. The van der Waals surface area contributed by atoms with Gasteiger partial charge >= 0.3 is 0 Å². The Morgan fingerprint density at radius 3 is 1.65 bits per heavy atom. The third-order valence-corrected chi connectivity index (χ3v) is 28.5. The fourth-order valence-corrected chi connectivity index (χ4v) is 15.7. The van der Waals surface area contributed by atoms with E-state index in [2.05, 4.69) is 160 Å². The zero-order chi connectivity index (χ0) is 59.1. The Morgan fingerprint density at radius 1 is 0.566 bits per heavy atom. The van der Waals surface area contributed by atoms with Gasteiger partial charge in [0.25, 0.3) is 23.6 Å². The van der Waals surface area contributed by atoms with Gasteiger partial charge in [-0.25, -0.2) is 0 Å². The number of benzene rings is 5. The summed E-state index contributed by atoms with van der Waals surface area (Å²) in [6.07, 6.45) is 11.9. The first kappa shape index (κ1) is 56.9. The summed E-state index contributed by atoms with van der Waals surface area (Å²) >= 11 is 14.5. The van der Waals surface area contributed by atoms with Crippen LogP contribution in [-0.4, -0.2) is 85.8 Å². The van der Waals surface area contributed by atoms with E-state index in [0.717, 1.165) is 87.2 Å². The van der Waals surface area contributed by atoms with Crippen LogP contribution in [0.2, 0.25) is 41.4 Å². The van der Waals surface area contributed by atoms with Crippen molar-refractivity contribution in [1.29, 1.82) is 0 Å². The second-order valence-corrected chi connectivity index (χ2v) is 36.8. The lowest BCUT2D eigenvalue weighted by Crippen LogP contribution is -2.43. The molecule has 4 aromatic heterocycles. The van der Waals surface area contributed by atoms with E-state index in [1.807, 2.05) is 66.7 Å². The zero-order valence-electron chi connectivity index (χ0n) is 48.3. The van der Waals surface area contributed by atoms with Crippen LogP contribution in [0.4, 0.5) is 0 Å². The number of nitrogens with one attached hydrogen (secondary N) is 4. The number of halogens is 3. The van der Waals surface area contributed by atoms with Crippen LogP contribution < -0.4 is 20.1 Å². The first-order valence-corrected chi connectivity index (χ1v) is 35.6. The van der Waals surface area contributed by atoms with Crippen molar-refractivity contribution in [1.82, 2.24) is 29.7 Å². The molecular weight excluding hydrogens is 1230 g/mol. The SMILES string of the molecule is COc1ccc2[nH]c3c(c4c(c5c6cc(Br)ccc6n([C@H]6C=C[C@@H](O[Si](C)(C)C(C)(C)C)C6)c35)C(=O)NC4=O)c2c1.COc1ccc2[nH]cc(C3=C(c4c(Cl)n([C@H]5C=C[C@@H](O[Si](C)(C)C(C)(C)C)C5)c5ccc(Br)cc45)C(=O)NC3=O)c2c1.